The Morgan fingerprint density at radius 3 is 2.82 bits per heavy atom. The first-order chi connectivity index (χ1) is 13.3. The molecular weight excluding hydrogens is 382 g/mol. The van der Waals surface area contributed by atoms with E-state index in [9.17, 15) is 13.2 Å². The predicted molar refractivity (Wildman–Crippen MR) is 98.7 cm³/mol. The van der Waals surface area contributed by atoms with Crippen LogP contribution >= 0.6 is 0 Å². The van der Waals surface area contributed by atoms with Crippen molar-refractivity contribution in [2.75, 3.05) is 19.7 Å². The van der Waals surface area contributed by atoms with E-state index < -0.39 is 21.8 Å². The number of benzene rings is 1. The highest BCUT2D eigenvalue weighted by molar-refractivity contribution is 7.89. The van der Waals surface area contributed by atoms with Gasteiger partial charge in [-0.1, -0.05) is 12.1 Å². The number of carbonyl (C=O) groups is 1. The SMILES string of the molecule is Cc1ncc(-c2ccc(C)c(S(=O)(=O)N3CC[C@@]45OCCN4C(=O)C[C@@H]35)c2)o1. The summed E-state index contributed by atoms with van der Waals surface area (Å²) in [5, 5.41) is 0. The van der Waals surface area contributed by atoms with Crippen molar-refractivity contribution in [3.05, 3.63) is 35.9 Å². The van der Waals surface area contributed by atoms with E-state index in [0.717, 1.165) is 0 Å². The number of carbonyl (C=O) groups excluding carboxylic acids is 1. The van der Waals surface area contributed by atoms with Crippen molar-refractivity contribution in [2.24, 2.45) is 0 Å². The lowest BCUT2D eigenvalue weighted by Crippen LogP contribution is -2.48. The van der Waals surface area contributed by atoms with Crippen LogP contribution < -0.4 is 0 Å². The summed E-state index contributed by atoms with van der Waals surface area (Å²) in [7, 11) is -3.80. The Morgan fingerprint density at radius 1 is 1.25 bits per heavy atom. The largest absolute Gasteiger partial charge is 0.441 e. The van der Waals surface area contributed by atoms with E-state index in [1.165, 1.54) is 4.31 Å². The minimum Gasteiger partial charge on any atom is -0.441 e. The van der Waals surface area contributed by atoms with Crippen LogP contribution in [0.25, 0.3) is 11.3 Å². The Morgan fingerprint density at radius 2 is 2.07 bits per heavy atom. The van der Waals surface area contributed by atoms with Crippen molar-refractivity contribution in [2.45, 2.75) is 43.4 Å². The average Bonchev–Trinajstić information content (AvgIpc) is 3.39. The Kier molecular flexibility index (Phi) is 3.75. The van der Waals surface area contributed by atoms with E-state index in [0.29, 0.717) is 48.9 Å². The summed E-state index contributed by atoms with van der Waals surface area (Å²) in [4.78, 5) is 18.4. The molecule has 1 aromatic heterocycles. The molecule has 3 aliphatic rings. The van der Waals surface area contributed by atoms with Crippen molar-refractivity contribution in [3.63, 3.8) is 0 Å². The molecule has 2 aromatic rings. The lowest BCUT2D eigenvalue weighted by atomic mass is 10.1. The standard InChI is InChI=1S/C19H21N3O5S/c1-12-3-4-14(15-11-20-13(2)27-15)9-16(12)28(24,25)22-6-5-19-17(22)10-18(23)21(19)7-8-26-19/h3-4,9,11,17H,5-8,10H2,1-2H3/t17-,19+/m1/s1. The molecule has 28 heavy (non-hydrogen) atoms. The van der Waals surface area contributed by atoms with Crippen LogP contribution in [-0.4, -0.2) is 60.0 Å². The second-order valence-electron chi connectivity index (χ2n) is 7.55. The Bertz CT molecular complexity index is 1080. The van der Waals surface area contributed by atoms with Gasteiger partial charge < -0.3 is 14.1 Å². The number of rotatable bonds is 3. The maximum Gasteiger partial charge on any atom is 0.243 e. The van der Waals surface area contributed by atoms with Gasteiger partial charge in [0.2, 0.25) is 15.9 Å². The summed E-state index contributed by atoms with van der Waals surface area (Å²) in [6, 6.07) is 4.73. The van der Waals surface area contributed by atoms with E-state index in [1.54, 1.807) is 37.1 Å². The average molecular weight is 403 g/mol. The van der Waals surface area contributed by atoms with Gasteiger partial charge in [0, 0.05) is 38.4 Å². The highest BCUT2D eigenvalue weighted by Gasteiger charge is 2.64. The number of amides is 1. The van der Waals surface area contributed by atoms with Crippen LogP contribution in [0, 0.1) is 13.8 Å². The molecule has 1 amide bonds. The summed E-state index contributed by atoms with van der Waals surface area (Å²) < 4.78 is 40.1. The second-order valence-corrected chi connectivity index (χ2v) is 9.41. The summed E-state index contributed by atoms with van der Waals surface area (Å²) in [6.45, 7) is 4.83. The zero-order valence-electron chi connectivity index (χ0n) is 15.7. The second kappa shape index (κ2) is 5.88. The zero-order valence-corrected chi connectivity index (χ0v) is 16.5. The fourth-order valence-electron chi connectivity index (χ4n) is 4.69. The molecule has 3 aliphatic heterocycles. The summed E-state index contributed by atoms with van der Waals surface area (Å²) >= 11 is 0. The highest BCUT2D eigenvalue weighted by Crippen LogP contribution is 2.47. The molecule has 0 aliphatic carbocycles. The minimum absolute atomic E-state index is 0.0370. The van der Waals surface area contributed by atoms with E-state index in [-0.39, 0.29) is 17.2 Å². The molecule has 0 N–H and O–H groups in total. The van der Waals surface area contributed by atoms with Crippen LogP contribution in [0.15, 0.2) is 33.7 Å². The van der Waals surface area contributed by atoms with Gasteiger partial charge in [0.15, 0.2) is 17.4 Å². The van der Waals surface area contributed by atoms with Crippen LogP contribution in [-0.2, 0) is 19.6 Å². The van der Waals surface area contributed by atoms with Crippen LogP contribution in [0.4, 0.5) is 0 Å². The van der Waals surface area contributed by atoms with Crippen molar-refractivity contribution in [1.29, 1.82) is 0 Å². The molecular formula is C19H21N3O5S. The predicted octanol–water partition coefficient (Wildman–Crippen LogP) is 1.68. The topological polar surface area (TPSA) is 93.0 Å². The normalized spacial score (nSPS) is 27.4. The van der Waals surface area contributed by atoms with Gasteiger partial charge in [-0.15, -0.1) is 0 Å². The highest BCUT2D eigenvalue weighted by atomic mass is 32.2. The number of aryl methyl sites for hydroxylation is 2. The lowest BCUT2D eigenvalue weighted by Gasteiger charge is -2.31. The number of oxazole rings is 1. The third-order valence-corrected chi connectivity index (χ3v) is 8.08. The van der Waals surface area contributed by atoms with Gasteiger partial charge in [0.1, 0.15) is 0 Å². The zero-order chi connectivity index (χ0) is 19.7. The molecule has 2 atom stereocenters. The van der Waals surface area contributed by atoms with Gasteiger partial charge in [-0.05, 0) is 18.6 Å². The van der Waals surface area contributed by atoms with E-state index in [1.807, 2.05) is 6.07 Å². The molecule has 8 nitrogen and oxygen atoms in total. The fraction of sp³-hybridized carbons (Fsp3) is 0.474. The van der Waals surface area contributed by atoms with Crippen molar-refractivity contribution in [3.8, 4) is 11.3 Å². The Hall–Kier alpha value is -2.23. The molecule has 0 unspecified atom stereocenters. The summed E-state index contributed by atoms with van der Waals surface area (Å²) in [6.07, 6.45) is 2.25. The number of hydrogen-bond donors (Lipinski definition) is 0. The molecule has 9 heteroatoms. The molecule has 1 aromatic carbocycles. The molecule has 1 spiro atoms. The van der Waals surface area contributed by atoms with Crippen LogP contribution in [0.1, 0.15) is 24.3 Å². The summed E-state index contributed by atoms with van der Waals surface area (Å²) in [5.41, 5.74) is 0.506. The summed E-state index contributed by atoms with van der Waals surface area (Å²) in [5.74, 6) is 1.00. The van der Waals surface area contributed by atoms with Gasteiger partial charge in [0.25, 0.3) is 0 Å². The monoisotopic (exact) mass is 403 g/mol. The van der Waals surface area contributed by atoms with Crippen molar-refractivity contribution >= 4 is 15.9 Å². The van der Waals surface area contributed by atoms with Crippen LogP contribution in [0.2, 0.25) is 0 Å². The van der Waals surface area contributed by atoms with Gasteiger partial charge in [-0.25, -0.2) is 13.4 Å². The Balaban J connectivity index is 1.55. The van der Waals surface area contributed by atoms with E-state index in [2.05, 4.69) is 4.98 Å². The van der Waals surface area contributed by atoms with Gasteiger partial charge in [-0.2, -0.15) is 4.31 Å². The van der Waals surface area contributed by atoms with Gasteiger partial charge >= 0.3 is 0 Å². The molecule has 0 saturated carbocycles. The number of hydrogen-bond acceptors (Lipinski definition) is 6. The van der Waals surface area contributed by atoms with E-state index in [4.69, 9.17) is 9.15 Å². The molecule has 5 rings (SSSR count). The van der Waals surface area contributed by atoms with Crippen molar-refractivity contribution in [1.82, 2.24) is 14.2 Å². The Labute approximate surface area is 163 Å². The lowest BCUT2D eigenvalue weighted by molar-refractivity contribution is -0.136. The number of nitrogens with zero attached hydrogens (tertiary/aromatic N) is 3. The molecule has 3 fully saturated rings. The third-order valence-electron chi connectivity index (χ3n) is 6.03. The molecule has 0 radical (unpaired) electrons. The van der Waals surface area contributed by atoms with Crippen molar-refractivity contribution < 1.29 is 22.4 Å². The first-order valence-electron chi connectivity index (χ1n) is 9.33. The number of sulfonamides is 1. The van der Waals surface area contributed by atoms with E-state index >= 15 is 0 Å². The van der Waals surface area contributed by atoms with Gasteiger partial charge in [0.05, 0.1) is 23.7 Å². The smallest absolute Gasteiger partial charge is 0.243 e. The first kappa shape index (κ1) is 17.8. The third kappa shape index (κ3) is 2.33. The first-order valence-corrected chi connectivity index (χ1v) is 10.8. The maximum absolute atomic E-state index is 13.6. The molecule has 4 heterocycles. The number of aromatic nitrogens is 1. The molecule has 0 bridgehead atoms. The minimum atomic E-state index is -3.80. The number of ether oxygens (including phenoxy) is 1. The van der Waals surface area contributed by atoms with Gasteiger partial charge in [-0.3, -0.25) is 4.79 Å². The fourth-order valence-corrected chi connectivity index (χ4v) is 6.60. The molecule has 3 saturated heterocycles. The van der Waals surface area contributed by atoms with Crippen LogP contribution in [0.3, 0.4) is 0 Å². The molecule has 148 valence electrons. The van der Waals surface area contributed by atoms with Crippen LogP contribution in [0.5, 0.6) is 0 Å². The maximum atomic E-state index is 13.6. The quantitative estimate of drug-likeness (QED) is 0.774.